The minimum atomic E-state index is -0.746. The fraction of sp³-hybridized carbons (Fsp3) is 0.292. The molecule has 0 radical (unpaired) electrons. The highest BCUT2D eigenvalue weighted by molar-refractivity contribution is 6.05. The Labute approximate surface area is 183 Å². The summed E-state index contributed by atoms with van der Waals surface area (Å²) in [6, 6.07) is 14.5. The van der Waals surface area contributed by atoms with Crippen molar-refractivity contribution in [3.63, 3.8) is 0 Å². The summed E-state index contributed by atoms with van der Waals surface area (Å²) in [5.74, 6) is -0.785. The molecule has 2 aromatic heterocycles. The zero-order chi connectivity index (χ0) is 22.7. The number of pyridine rings is 1. The van der Waals surface area contributed by atoms with E-state index in [9.17, 15) is 19.1 Å². The number of benzene rings is 2. The molecule has 0 amide bonds. The van der Waals surface area contributed by atoms with Gasteiger partial charge in [-0.25, -0.2) is 9.78 Å². The van der Waals surface area contributed by atoms with E-state index >= 15 is 0 Å². The number of aryl methyl sites for hydroxylation is 1. The van der Waals surface area contributed by atoms with Crippen LogP contribution in [0.5, 0.6) is 5.75 Å². The molecule has 1 N–H and O–H groups in total. The number of hydrogen-bond acceptors (Lipinski definition) is 5. The predicted octanol–water partition coefficient (Wildman–Crippen LogP) is 4.03. The molecule has 0 aliphatic heterocycles. The van der Waals surface area contributed by atoms with Crippen molar-refractivity contribution in [3.05, 3.63) is 70.3 Å². The summed E-state index contributed by atoms with van der Waals surface area (Å²) in [4.78, 5) is 30.3. The van der Waals surface area contributed by atoms with Gasteiger partial charge in [0.05, 0.1) is 36.4 Å². The van der Waals surface area contributed by atoms with E-state index in [0.717, 1.165) is 11.0 Å². The van der Waals surface area contributed by atoms with Crippen LogP contribution in [0.4, 0.5) is 4.39 Å². The number of esters is 1. The number of ether oxygens (including phenoxy) is 1. The van der Waals surface area contributed by atoms with Crippen LogP contribution in [0.3, 0.4) is 0 Å². The number of alkyl halides is 1. The fourth-order valence-electron chi connectivity index (χ4n) is 3.96. The Balaban J connectivity index is 1.87. The number of imidazole rings is 1. The van der Waals surface area contributed by atoms with E-state index in [0.29, 0.717) is 36.1 Å². The second-order valence-corrected chi connectivity index (χ2v) is 7.42. The average Bonchev–Trinajstić information content (AvgIpc) is 3.14. The van der Waals surface area contributed by atoms with Crippen LogP contribution in [0.25, 0.3) is 21.9 Å². The summed E-state index contributed by atoms with van der Waals surface area (Å²) in [6.45, 7) is 2.03. The van der Waals surface area contributed by atoms with Crippen LogP contribution in [0, 0.1) is 0 Å². The Morgan fingerprint density at radius 1 is 1.06 bits per heavy atom. The summed E-state index contributed by atoms with van der Waals surface area (Å²) in [5, 5.41) is 11.1. The minimum Gasteiger partial charge on any atom is -0.502 e. The molecule has 0 saturated carbocycles. The van der Waals surface area contributed by atoms with Crippen molar-refractivity contribution in [1.82, 2.24) is 14.1 Å². The zero-order valence-corrected chi connectivity index (χ0v) is 17.8. The number of nitrogens with zero attached hydrogens (tertiary/aromatic N) is 3. The molecule has 0 aliphatic rings. The molecule has 166 valence electrons. The smallest absolute Gasteiger partial charge is 0.342 e. The zero-order valence-electron chi connectivity index (χ0n) is 17.8. The summed E-state index contributed by atoms with van der Waals surface area (Å²) in [7, 11) is 0. The number of halogens is 1. The van der Waals surface area contributed by atoms with Crippen LogP contribution >= 0.6 is 0 Å². The third-order valence-corrected chi connectivity index (χ3v) is 5.43. The molecule has 0 unspecified atom stereocenters. The van der Waals surface area contributed by atoms with Crippen LogP contribution in [0.2, 0.25) is 0 Å². The van der Waals surface area contributed by atoms with Crippen molar-refractivity contribution in [1.29, 1.82) is 0 Å². The number of rotatable bonds is 8. The number of fused-ring (bicyclic) bond motifs is 2. The number of carbonyl (C=O) groups excluding carboxylic acids is 1. The van der Waals surface area contributed by atoms with Gasteiger partial charge in [-0.1, -0.05) is 30.3 Å². The van der Waals surface area contributed by atoms with Crippen LogP contribution < -0.4 is 5.56 Å². The van der Waals surface area contributed by atoms with Gasteiger partial charge >= 0.3 is 5.97 Å². The second kappa shape index (κ2) is 9.21. The van der Waals surface area contributed by atoms with Gasteiger partial charge < -0.3 is 14.4 Å². The van der Waals surface area contributed by atoms with E-state index in [1.54, 1.807) is 31.2 Å². The van der Waals surface area contributed by atoms with E-state index < -0.39 is 24.0 Å². The maximum absolute atomic E-state index is 13.1. The van der Waals surface area contributed by atoms with E-state index in [4.69, 9.17) is 4.74 Å². The van der Waals surface area contributed by atoms with Crippen molar-refractivity contribution >= 4 is 27.9 Å². The molecule has 7 nitrogen and oxygen atoms in total. The molecule has 2 aromatic carbocycles. The van der Waals surface area contributed by atoms with Gasteiger partial charge in [-0.3, -0.25) is 13.8 Å². The Kier molecular flexibility index (Phi) is 6.20. The summed E-state index contributed by atoms with van der Waals surface area (Å²) >= 11 is 0. The number of para-hydroxylation sites is 3. The molecule has 0 aliphatic carbocycles. The maximum Gasteiger partial charge on any atom is 0.342 e. The maximum atomic E-state index is 13.1. The third-order valence-electron chi connectivity index (χ3n) is 5.43. The van der Waals surface area contributed by atoms with Crippen LogP contribution in [-0.4, -0.2) is 38.5 Å². The number of aromatic nitrogens is 3. The van der Waals surface area contributed by atoms with Crippen LogP contribution in [0.1, 0.15) is 35.9 Å². The first kappa shape index (κ1) is 21.5. The summed E-state index contributed by atoms with van der Waals surface area (Å²) < 4.78 is 21.1. The SMILES string of the molecule is CCOC(=O)c1c(O)c(=O)n(Cc2nc3ccccc3n2CCCCF)c2ccccc12. The van der Waals surface area contributed by atoms with Gasteiger partial charge in [-0.15, -0.1) is 0 Å². The van der Waals surface area contributed by atoms with E-state index in [-0.39, 0.29) is 18.7 Å². The number of carbonyl (C=O) groups is 1. The van der Waals surface area contributed by atoms with Crippen molar-refractivity contribution in [2.75, 3.05) is 13.3 Å². The second-order valence-electron chi connectivity index (χ2n) is 7.42. The lowest BCUT2D eigenvalue weighted by molar-refractivity contribution is 0.0525. The lowest BCUT2D eigenvalue weighted by atomic mass is 10.1. The van der Waals surface area contributed by atoms with E-state index in [1.807, 2.05) is 28.8 Å². The molecule has 0 bridgehead atoms. The molecular weight excluding hydrogens is 413 g/mol. The highest BCUT2D eigenvalue weighted by Gasteiger charge is 2.23. The summed E-state index contributed by atoms with van der Waals surface area (Å²) in [5.41, 5.74) is 1.31. The Morgan fingerprint density at radius 3 is 2.53 bits per heavy atom. The van der Waals surface area contributed by atoms with Gasteiger partial charge in [0.2, 0.25) is 0 Å². The number of hydrogen-bond donors (Lipinski definition) is 1. The molecule has 8 heteroatoms. The van der Waals surface area contributed by atoms with Gasteiger partial charge in [0.15, 0.2) is 5.75 Å². The minimum absolute atomic E-state index is 0.0836. The third kappa shape index (κ3) is 3.84. The van der Waals surface area contributed by atoms with Gasteiger partial charge in [-0.2, -0.15) is 0 Å². The average molecular weight is 437 g/mol. The molecule has 0 spiro atoms. The fourth-order valence-corrected chi connectivity index (χ4v) is 3.96. The molecule has 2 heterocycles. The molecule has 0 saturated heterocycles. The van der Waals surface area contributed by atoms with Gasteiger partial charge in [0.1, 0.15) is 11.4 Å². The normalized spacial score (nSPS) is 11.3. The van der Waals surface area contributed by atoms with Crippen molar-refractivity contribution in [2.24, 2.45) is 0 Å². The van der Waals surface area contributed by atoms with Crippen LogP contribution in [-0.2, 0) is 17.8 Å². The van der Waals surface area contributed by atoms with E-state index in [2.05, 4.69) is 4.98 Å². The predicted molar refractivity (Wildman–Crippen MR) is 120 cm³/mol. The lowest BCUT2D eigenvalue weighted by Gasteiger charge is -2.15. The first-order chi connectivity index (χ1) is 15.6. The molecule has 4 rings (SSSR count). The summed E-state index contributed by atoms with van der Waals surface area (Å²) in [6.07, 6.45) is 1.07. The Bertz CT molecular complexity index is 1340. The lowest BCUT2D eigenvalue weighted by Crippen LogP contribution is -2.25. The molecule has 32 heavy (non-hydrogen) atoms. The molecule has 4 aromatic rings. The first-order valence-corrected chi connectivity index (χ1v) is 10.6. The Hall–Kier alpha value is -3.68. The largest absolute Gasteiger partial charge is 0.502 e. The van der Waals surface area contributed by atoms with Crippen molar-refractivity contribution in [3.8, 4) is 5.75 Å². The monoisotopic (exact) mass is 437 g/mol. The Morgan fingerprint density at radius 2 is 1.78 bits per heavy atom. The van der Waals surface area contributed by atoms with Gasteiger partial charge in [0.25, 0.3) is 5.56 Å². The van der Waals surface area contributed by atoms with Crippen molar-refractivity contribution in [2.45, 2.75) is 32.9 Å². The van der Waals surface area contributed by atoms with Gasteiger partial charge in [-0.05, 0) is 38.0 Å². The molecule has 0 fully saturated rings. The van der Waals surface area contributed by atoms with Crippen molar-refractivity contribution < 1.29 is 19.0 Å². The first-order valence-electron chi connectivity index (χ1n) is 10.6. The standard InChI is InChI=1S/C24H24FN3O4/c1-2-32-24(31)21-16-9-3-5-11-18(16)28(23(30)22(21)29)15-20-26-17-10-4-6-12-19(17)27(20)14-8-7-13-25/h3-6,9-12,29H,2,7-8,13-15H2,1H3. The topological polar surface area (TPSA) is 86.3 Å². The molecule has 0 atom stereocenters. The number of aromatic hydroxyl groups is 1. The van der Waals surface area contributed by atoms with Gasteiger partial charge in [0, 0.05) is 11.9 Å². The molecular formula is C24H24FN3O4. The highest BCUT2D eigenvalue weighted by Crippen LogP contribution is 2.26. The van der Waals surface area contributed by atoms with Crippen LogP contribution in [0.15, 0.2) is 53.3 Å². The highest BCUT2D eigenvalue weighted by atomic mass is 19.1. The quantitative estimate of drug-likeness (QED) is 0.332. The van der Waals surface area contributed by atoms with E-state index in [1.165, 1.54) is 4.57 Å². The number of unbranched alkanes of at least 4 members (excludes halogenated alkanes) is 1.